The van der Waals surface area contributed by atoms with Gasteiger partial charge in [-0.1, -0.05) is 18.2 Å². The zero-order chi connectivity index (χ0) is 21.8. The van der Waals surface area contributed by atoms with Gasteiger partial charge in [0.15, 0.2) is 0 Å². The number of nitrogens with zero attached hydrogens (tertiary/aromatic N) is 2. The maximum absolute atomic E-state index is 13.3. The van der Waals surface area contributed by atoms with Gasteiger partial charge in [0.25, 0.3) is 5.91 Å². The molecule has 0 spiro atoms. The molecule has 0 radical (unpaired) electrons. The molecule has 4 rings (SSSR count). The lowest BCUT2D eigenvalue weighted by Gasteiger charge is -2.24. The molecule has 0 aliphatic rings. The monoisotopic (exact) mass is 434 g/mol. The molecule has 3 heterocycles. The third kappa shape index (κ3) is 4.62. The number of carbonyl (C=O) groups excluding carboxylic acids is 1. The lowest BCUT2D eigenvalue weighted by atomic mass is 10.0. The van der Waals surface area contributed by atoms with E-state index in [2.05, 4.69) is 20.2 Å². The quantitative estimate of drug-likeness (QED) is 0.435. The van der Waals surface area contributed by atoms with E-state index in [0.717, 1.165) is 38.4 Å². The van der Waals surface area contributed by atoms with Crippen molar-refractivity contribution in [1.29, 1.82) is 0 Å². The molecule has 2 N–H and O–H groups in total. The molecule has 31 heavy (non-hydrogen) atoms. The molecule has 1 atom stereocenters. The van der Waals surface area contributed by atoms with Crippen molar-refractivity contribution in [2.45, 2.75) is 12.5 Å². The van der Waals surface area contributed by atoms with Gasteiger partial charge in [0.05, 0.1) is 18.0 Å². The van der Waals surface area contributed by atoms with Crippen LogP contribution in [-0.2, 0) is 6.42 Å². The maximum Gasteiger partial charge on any atom is 0.262 e. The molecule has 1 amide bonds. The Kier molecular flexibility index (Phi) is 6.34. The van der Waals surface area contributed by atoms with Gasteiger partial charge in [0, 0.05) is 29.9 Å². The third-order valence-electron chi connectivity index (χ3n) is 5.25. The van der Waals surface area contributed by atoms with Gasteiger partial charge < -0.3 is 19.9 Å². The predicted octanol–water partition coefficient (Wildman–Crippen LogP) is 4.26. The van der Waals surface area contributed by atoms with Crippen LogP contribution >= 0.6 is 11.3 Å². The number of aromatic amines is 1. The summed E-state index contributed by atoms with van der Waals surface area (Å²) in [6.07, 6.45) is 4.37. The number of fused-ring (bicyclic) bond motifs is 1. The van der Waals surface area contributed by atoms with Crippen LogP contribution in [0, 0.1) is 0 Å². The Hall–Kier alpha value is -3.16. The average molecular weight is 435 g/mol. The highest BCUT2D eigenvalue weighted by atomic mass is 32.1. The summed E-state index contributed by atoms with van der Waals surface area (Å²) in [5, 5.41) is 6.29. The van der Waals surface area contributed by atoms with Crippen LogP contribution in [-0.4, -0.2) is 48.5 Å². The SMILES string of the molecule is COc1ccccc1C(CN(C)C)NC(=O)c1sccc1Cc1ccnc2[nH]ccc12. The first-order valence-electron chi connectivity index (χ1n) is 10.1. The van der Waals surface area contributed by atoms with Crippen molar-refractivity contribution in [3.05, 3.63) is 81.8 Å². The topological polar surface area (TPSA) is 70.2 Å². The lowest BCUT2D eigenvalue weighted by molar-refractivity contribution is 0.0933. The van der Waals surface area contributed by atoms with E-state index in [1.54, 1.807) is 13.3 Å². The van der Waals surface area contributed by atoms with Crippen LogP contribution in [0.3, 0.4) is 0 Å². The van der Waals surface area contributed by atoms with Crippen LogP contribution in [0.2, 0.25) is 0 Å². The number of nitrogens with one attached hydrogen (secondary N) is 2. The van der Waals surface area contributed by atoms with Gasteiger partial charge in [-0.25, -0.2) is 4.98 Å². The van der Waals surface area contributed by atoms with E-state index in [0.29, 0.717) is 13.0 Å². The summed E-state index contributed by atoms with van der Waals surface area (Å²) in [5.41, 5.74) is 3.99. The normalized spacial score (nSPS) is 12.3. The van der Waals surface area contributed by atoms with E-state index < -0.39 is 0 Å². The van der Waals surface area contributed by atoms with Crippen LogP contribution in [0.25, 0.3) is 11.0 Å². The number of hydrogen-bond acceptors (Lipinski definition) is 5. The van der Waals surface area contributed by atoms with Gasteiger partial charge in [-0.3, -0.25) is 4.79 Å². The first-order valence-corrected chi connectivity index (χ1v) is 11.0. The highest BCUT2D eigenvalue weighted by molar-refractivity contribution is 7.12. The molecule has 0 bridgehead atoms. The van der Waals surface area contributed by atoms with Crippen molar-refractivity contribution < 1.29 is 9.53 Å². The number of thiophene rings is 1. The van der Waals surface area contributed by atoms with E-state index in [9.17, 15) is 4.79 Å². The fraction of sp³-hybridized carbons (Fsp3) is 0.250. The van der Waals surface area contributed by atoms with Gasteiger partial charge in [-0.2, -0.15) is 0 Å². The zero-order valence-electron chi connectivity index (χ0n) is 17.9. The van der Waals surface area contributed by atoms with Gasteiger partial charge in [-0.15, -0.1) is 11.3 Å². The summed E-state index contributed by atoms with van der Waals surface area (Å²) in [7, 11) is 5.65. The Balaban J connectivity index is 1.59. The fourth-order valence-electron chi connectivity index (χ4n) is 3.82. The summed E-state index contributed by atoms with van der Waals surface area (Å²) in [6, 6.07) is 13.7. The number of hydrogen-bond donors (Lipinski definition) is 2. The Morgan fingerprint density at radius 1 is 1.19 bits per heavy atom. The molecular weight excluding hydrogens is 408 g/mol. The summed E-state index contributed by atoms with van der Waals surface area (Å²) in [4.78, 5) is 23.6. The Labute approximate surface area is 185 Å². The molecular formula is C24H26N4O2S. The molecule has 6 nitrogen and oxygen atoms in total. The van der Waals surface area contributed by atoms with Crippen LogP contribution < -0.4 is 10.1 Å². The Morgan fingerprint density at radius 3 is 2.84 bits per heavy atom. The minimum atomic E-state index is -0.189. The molecule has 160 valence electrons. The van der Waals surface area contributed by atoms with E-state index >= 15 is 0 Å². The van der Waals surface area contributed by atoms with E-state index in [1.807, 2.05) is 68.1 Å². The number of aromatic nitrogens is 2. The minimum Gasteiger partial charge on any atom is -0.496 e. The predicted molar refractivity (Wildman–Crippen MR) is 125 cm³/mol. The number of para-hydroxylation sites is 1. The summed E-state index contributed by atoms with van der Waals surface area (Å²) < 4.78 is 5.54. The number of methoxy groups -OCH3 is 1. The van der Waals surface area contributed by atoms with Gasteiger partial charge in [0.1, 0.15) is 11.4 Å². The van der Waals surface area contributed by atoms with Crippen molar-refractivity contribution in [2.24, 2.45) is 0 Å². The van der Waals surface area contributed by atoms with Crippen LogP contribution in [0.5, 0.6) is 5.75 Å². The number of carbonyl (C=O) groups is 1. The van der Waals surface area contributed by atoms with Gasteiger partial charge in [0.2, 0.25) is 0 Å². The number of amides is 1. The largest absolute Gasteiger partial charge is 0.496 e. The summed E-state index contributed by atoms with van der Waals surface area (Å²) >= 11 is 1.47. The highest BCUT2D eigenvalue weighted by Crippen LogP contribution is 2.28. The zero-order valence-corrected chi connectivity index (χ0v) is 18.7. The first-order chi connectivity index (χ1) is 15.1. The molecule has 0 fully saturated rings. The number of benzene rings is 1. The van der Waals surface area contributed by atoms with Gasteiger partial charge >= 0.3 is 0 Å². The van der Waals surface area contributed by atoms with Crippen molar-refractivity contribution in [2.75, 3.05) is 27.7 Å². The van der Waals surface area contributed by atoms with E-state index in [-0.39, 0.29) is 11.9 Å². The molecule has 0 aliphatic heterocycles. The third-order valence-corrected chi connectivity index (χ3v) is 6.21. The van der Waals surface area contributed by atoms with E-state index in [1.165, 1.54) is 11.3 Å². The maximum atomic E-state index is 13.3. The molecule has 3 aromatic heterocycles. The molecule has 0 saturated carbocycles. The summed E-state index contributed by atoms with van der Waals surface area (Å²) in [5.74, 6) is 0.704. The standard InChI is InChI=1S/C24H26N4O2S/c1-28(2)15-20(19-6-4-5-7-21(19)30-3)27-24(29)22-17(10-13-31-22)14-16-8-11-25-23-18(16)9-12-26-23/h4-13,20H,14-15H2,1-3H3,(H,25,26)(H,27,29). The number of rotatable bonds is 8. The molecule has 4 aromatic rings. The number of likely N-dealkylation sites (N-methyl/N-ethyl adjacent to an activating group) is 1. The molecule has 0 aliphatic carbocycles. The Bertz CT molecular complexity index is 1180. The average Bonchev–Trinajstić information content (AvgIpc) is 3.43. The molecule has 1 unspecified atom stereocenters. The lowest BCUT2D eigenvalue weighted by Crippen LogP contribution is -2.35. The first kappa shape index (κ1) is 21.1. The second-order valence-corrected chi connectivity index (χ2v) is 8.61. The second-order valence-electron chi connectivity index (χ2n) is 7.69. The number of H-pyrrole nitrogens is 1. The van der Waals surface area contributed by atoms with Crippen molar-refractivity contribution in [1.82, 2.24) is 20.2 Å². The van der Waals surface area contributed by atoms with Crippen LogP contribution in [0.15, 0.2) is 60.2 Å². The second kappa shape index (κ2) is 9.32. The molecule has 1 aromatic carbocycles. The number of pyridine rings is 1. The molecule has 0 saturated heterocycles. The molecule has 7 heteroatoms. The van der Waals surface area contributed by atoms with Gasteiger partial charge in [-0.05, 0) is 61.3 Å². The summed E-state index contributed by atoms with van der Waals surface area (Å²) in [6.45, 7) is 0.668. The van der Waals surface area contributed by atoms with Crippen molar-refractivity contribution in [3.8, 4) is 5.75 Å². The number of ether oxygens (including phenoxy) is 1. The van der Waals surface area contributed by atoms with Crippen molar-refractivity contribution >= 4 is 28.3 Å². The minimum absolute atomic E-state index is 0.0675. The van der Waals surface area contributed by atoms with Crippen molar-refractivity contribution in [3.63, 3.8) is 0 Å². The van der Waals surface area contributed by atoms with Crippen LogP contribution in [0.1, 0.15) is 32.4 Å². The fourth-order valence-corrected chi connectivity index (χ4v) is 4.64. The van der Waals surface area contributed by atoms with E-state index in [4.69, 9.17) is 4.74 Å². The highest BCUT2D eigenvalue weighted by Gasteiger charge is 2.22. The Morgan fingerprint density at radius 2 is 2.03 bits per heavy atom. The van der Waals surface area contributed by atoms with Crippen LogP contribution in [0.4, 0.5) is 0 Å². The smallest absolute Gasteiger partial charge is 0.262 e.